The second-order valence-corrected chi connectivity index (χ2v) is 3.73. The number of nitrogens with zero attached hydrogens (tertiary/aromatic N) is 1. The van der Waals surface area contributed by atoms with Gasteiger partial charge in [-0.05, 0) is 12.1 Å². The van der Waals surface area contributed by atoms with Gasteiger partial charge in [-0.2, -0.15) is 5.26 Å². The fraction of sp³-hybridized carbons (Fsp3) is 0.250. The molecule has 0 saturated heterocycles. The molecule has 0 bridgehead atoms. The van der Waals surface area contributed by atoms with Crippen molar-refractivity contribution in [2.24, 2.45) is 0 Å². The first kappa shape index (κ1) is 14.9. The number of hydrogen-bond acceptors (Lipinski definition) is 4. The van der Waals surface area contributed by atoms with Gasteiger partial charge >= 0.3 is 0 Å². The van der Waals surface area contributed by atoms with Crippen LogP contribution >= 0.6 is 11.6 Å². The topological polar surface area (TPSA) is 79.2 Å². The summed E-state index contributed by atoms with van der Waals surface area (Å²) in [6, 6.07) is 4.96. The third-order valence-corrected chi connectivity index (χ3v) is 2.48. The van der Waals surface area contributed by atoms with Crippen molar-refractivity contribution in [1.29, 1.82) is 5.26 Å². The van der Waals surface area contributed by atoms with Crippen molar-refractivity contribution in [2.45, 2.75) is 6.10 Å². The molecule has 0 aliphatic rings. The van der Waals surface area contributed by atoms with Crippen molar-refractivity contribution in [2.75, 3.05) is 12.9 Å². The average Bonchev–Trinajstić information content (AvgIpc) is 2.44. The van der Waals surface area contributed by atoms with Gasteiger partial charge in [0.25, 0.3) is 5.91 Å². The van der Waals surface area contributed by atoms with E-state index in [4.69, 9.17) is 21.6 Å². The Morgan fingerprint density at radius 3 is 2.79 bits per heavy atom. The number of ketones is 1. The molecule has 0 heterocycles. The molecule has 0 spiro atoms. The van der Waals surface area contributed by atoms with Gasteiger partial charge in [-0.15, -0.1) is 11.6 Å². The smallest absolute Gasteiger partial charge is 0.268 e. The van der Waals surface area contributed by atoms with E-state index >= 15 is 0 Å². The lowest BCUT2D eigenvalue weighted by Crippen LogP contribution is -2.43. The molecule has 0 radical (unpaired) electrons. The molecule has 0 aliphatic heterocycles. The van der Waals surface area contributed by atoms with Crippen LogP contribution < -0.4 is 10.1 Å². The van der Waals surface area contributed by atoms with Crippen LogP contribution in [0.3, 0.4) is 0 Å². The van der Waals surface area contributed by atoms with Crippen LogP contribution in [0, 0.1) is 17.1 Å². The lowest BCUT2D eigenvalue weighted by molar-refractivity contribution is -0.136. The van der Waals surface area contributed by atoms with Crippen molar-refractivity contribution < 1.29 is 18.7 Å². The number of alkyl halides is 1. The van der Waals surface area contributed by atoms with Gasteiger partial charge in [-0.3, -0.25) is 9.59 Å². The third kappa shape index (κ3) is 3.66. The van der Waals surface area contributed by atoms with Gasteiger partial charge in [-0.25, -0.2) is 4.39 Å². The van der Waals surface area contributed by atoms with Crippen molar-refractivity contribution in [3.8, 4) is 11.8 Å². The van der Waals surface area contributed by atoms with Crippen LogP contribution in [0.5, 0.6) is 5.75 Å². The summed E-state index contributed by atoms with van der Waals surface area (Å²) >= 11 is 5.38. The molecule has 1 atom stereocenters. The molecule has 0 saturated carbocycles. The number of carbonyl (C=O) groups excluding carboxylic acids is 2. The van der Waals surface area contributed by atoms with Crippen LogP contribution in [0.25, 0.3) is 0 Å². The highest BCUT2D eigenvalue weighted by atomic mass is 35.5. The molecular formula is C12H10ClFN2O3. The summed E-state index contributed by atoms with van der Waals surface area (Å²) in [6.45, 7) is 0. The zero-order chi connectivity index (χ0) is 14.4. The zero-order valence-corrected chi connectivity index (χ0v) is 10.7. The molecular weight excluding hydrogens is 275 g/mol. The summed E-state index contributed by atoms with van der Waals surface area (Å²) in [6.07, 6.45) is -1.43. The van der Waals surface area contributed by atoms with Crippen molar-refractivity contribution in [1.82, 2.24) is 5.32 Å². The summed E-state index contributed by atoms with van der Waals surface area (Å²) in [5.74, 6) is -2.39. The number of hydrogen-bond donors (Lipinski definition) is 1. The molecule has 1 rings (SSSR count). The predicted molar refractivity (Wildman–Crippen MR) is 65.3 cm³/mol. The van der Waals surface area contributed by atoms with E-state index in [2.05, 4.69) is 5.32 Å². The Kier molecular flexibility index (Phi) is 5.27. The normalized spacial score (nSPS) is 11.3. The molecule has 5 nitrogen and oxygen atoms in total. The quantitative estimate of drug-likeness (QED) is 0.646. The molecule has 1 unspecified atom stereocenters. The number of rotatable bonds is 5. The van der Waals surface area contributed by atoms with Crippen LogP contribution in [-0.4, -0.2) is 30.7 Å². The van der Waals surface area contributed by atoms with Gasteiger partial charge < -0.3 is 10.1 Å². The predicted octanol–water partition coefficient (Wildman–Crippen LogP) is 0.999. The van der Waals surface area contributed by atoms with Crippen LogP contribution in [0.4, 0.5) is 4.39 Å². The Morgan fingerprint density at radius 2 is 2.26 bits per heavy atom. The van der Waals surface area contributed by atoms with Gasteiger partial charge in [0.15, 0.2) is 5.78 Å². The van der Waals surface area contributed by atoms with Gasteiger partial charge in [0, 0.05) is 13.1 Å². The molecule has 0 aliphatic carbocycles. The monoisotopic (exact) mass is 284 g/mol. The highest BCUT2D eigenvalue weighted by Crippen LogP contribution is 2.18. The lowest BCUT2D eigenvalue weighted by atomic mass is 10.2. The van der Waals surface area contributed by atoms with E-state index < -0.39 is 29.5 Å². The van der Waals surface area contributed by atoms with E-state index in [0.717, 1.165) is 12.1 Å². The highest BCUT2D eigenvalue weighted by molar-refractivity contribution is 6.30. The minimum Gasteiger partial charge on any atom is -0.473 e. The van der Waals surface area contributed by atoms with E-state index in [-0.39, 0.29) is 11.3 Å². The second-order valence-electron chi connectivity index (χ2n) is 3.47. The maximum atomic E-state index is 13.1. The molecule has 19 heavy (non-hydrogen) atoms. The van der Waals surface area contributed by atoms with E-state index in [9.17, 15) is 14.0 Å². The summed E-state index contributed by atoms with van der Waals surface area (Å²) in [7, 11) is 1.34. The van der Waals surface area contributed by atoms with Gasteiger partial charge in [0.2, 0.25) is 6.10 Å². The lowest BCUT2D eigenvalue weighted by Gasteiger charge is -2.15. The van der Waals surface area contributed by atoms with Crippen molar-refractivity contribution in [3.05, 3.63) is 29.6 Å². The number of carbonyl (C=O) groups is 2. The number of benzene rings is 1. The number of halogens is 2. The second kappa shape index (κ2) is 6.71. The number of likely N-dealkylation sites (N-methyl/N-ethyl adjacent to an activating group) is 1. The first-order valence-corrected chi connectivity index (χ1v) is 5.73. The fourth-order valence-corrected chi connectivity index (χ4v) is 1.41. The highest BCUT2D eigenvalue weighted by Gasteiger charge is 2.27. The van der Waals surface area contributed by atoms with E-state index in [1.165, 1.54) is 13.1 Å². The van der Waals surface area contributed by atoms with E-state index in [1.807, 2.05) is 0 Å². The summed E-state index contributed by atoms with van der Waals surface area (Å²) in [4.78, 5) is 23.0. The van der Waals surface area contributed by atoms with Crippen molar-refractivity contribution >= 4 is 23.3 Å². The molecule has 100 valence electrons. The van der Waals surface area contributed by atoms with Crippen LogP contribution in [0.15, 0.2) is 18.2 Å². The standard InChI is InChI=1S/C12H10ClFN2O3/c1-16-12(18)11(10(17)5-13)19-8-2-3-9(14)7(4-8)6-15/h2-4,11H,5H2,1H3,(H,16,18). The zero-order valence-electron chi connectivity index (χ0n) is 9.94. The molecule has 1 N–H and O–H groups in total. The molecule has 7 heteroatoms. The Morgan fingerprint density at radius 1 is 1.58 bits per heavy atom. The summed E-state index contributed by atoms with van der Waals surface area (Å²) < 4.78 is 18.3. The number of nitrogens with one attached hydrogen (secondary N) is 1. The summed E-state index contributed by atoms with van der Waals surface area (Å²) in [5, 5.41) is 10.9. The van der Waals surface area contributed by atoms with Crippen LogP contribution in [0.2, 0.25) is 0 Å². The maximum Gasteiger partial charge on any atom is 0.268 e. The van der Waals surface area contributed by atoms with E-state index in [0.29, 0.717) is 0 Å². The van der Waals surface area contributed by atoms with Gasteiger partial charge in [0.05, 0.1) is 11.4 Å². The Balaban J connectivity index is 3.00. The van der Waals surface area contributed by atoms with Gasteiger partial charge in [-0.1, -0.05) is 0 Å². The number of Topliss-reactive ketones (excluding diaryl/α,β-unsaturated/α-hetero) is 1. The Bertz CT molecular complexity index is 526. The molecule has 0 fully saturated rings. The summed E-state index contributed by atoms with van der Waals surface area (Å²) in [5.41, 5.74) is -0.244. The first-order chi connectivity index (χ1) is 9.03. The van der Waals surface area contributed by atoms with Crippen LogP contribution in [-0.2, 0) is 9.59 Å². The molecule has 1 aromatic carbocycles. The van der Waals surface area contributed by atoms with E-state index in [1.54, 1.807) is 6.07 Å². The molecule has 0 aromatic heterocycles. The molecule has 1 amide bonds. The Hall–Kier alpha value is -2.13. The average molecular weight is 285 g/mol. The molecule has 1 aromatic rings. The fourth-order valence-electron chi connectivity index (χ4n) is 1.27. The number of ether oxygens (including phenoxy) is 1. The number of nitriles is 1. The maximum absolute atomic E-state index is 13.1. The minimum absolute atomic E-state index is 0.0324. The SMILES string of the molecule is CNC(=O)C(Oc1ccc(F)c(C#N)c1)C(=O)CCl. The third-order valence-electron chi connectivity index (χ3n) is 2.22. The first-order valence-electron chi connectivity index (χ1n) is 5.20. The van der Waals surface area contributed by atoms with Gasteiger partial charge in [0.1, 0.15) is 17.6 Å². The Labute approximate surface area is 113 Å². The minimum atomic E-state index is -1.43. The van der Waals surface area contributed by atoms with Crippen LogP contribution in [0.1, 0.15) is 5.56 Å². The largest absolute Gasteiger partial charge is 0.473 e. The number of amides is 1. The van der Waals surface area contributed by atoms with Crippen molar-refractivity contribution in [3.63, 3.8) is 0 Å².